The smallest absolute Gasteiger partial charge is 0.295 e. The van der Waals surface area contributed by atoms with Crippen molar-refractivity contribution in [2.75, 3.05) is 19.8 Å². The number of imidazole rings is 1. The van der Waals surface area contributed by atoms with Crippen LogP contribution >= 0.6 is 0 Å². The van der Waals surface area contributed by atoms with Crippen LogP contribution < -0.4 is 9.47 Å². The molecule has 9 heteroatoms. The Bertz CT molecular complexity index is 1270. The Balaban J connectivity index is 1.54. The number of Topliss-reactive ketones (excluding diaryl/α,β-unsaturated/α-hetero) is 1. The maximum Gasteiger partial charge on any atom is 0.295 e. The van der Waals surface area contributed by atoms with Crippen LogP contribution in [0.4, 0.5) is 4.39 Å². The van der Waals surface area contributed by atoms with Gasteiger partial charge < -0.3 is 24.0 Å². The van der Waals surface area contributed by atoms with Gasteiger partial charge in [-0.3, -0.25) is 9.59 Å². The van der Waals surface area contributed by atoms with Crippen molar-refractivity contribution in [3.05, 3.63) is 83.7 Å². The minimum atomic E-state index is -0.924. The molecule has 1 N–H and O–H groups in total. The first-order chi connectivity index (χ1) is 16.5. The fourth-order valence-corrected chi connectivity index (χ4v) is 4.32. The number of halogens is 1. The number of likely N-dealkylation sites (tertiary alicyclic amines) is 1. The van der Waals surface area contributed by atoms with E-state index >= 15 is 0 Å². The van der Waals surface area contributed by atoms with E-state index in [0.717, 1.165) is 0 Å². The topological polar surface area (TPSA) is 93.9 Å². The number of aromatic nitrogens is 2. The van der Waals surface area contributed by atoms with Gasteiger partial charge in [0.25, 0.3) is 11.7 Å². The summed E-state index contributed by atoms with van der Waals surface area (Å²) in [6.07, 6.45) is 5.67. The summed E-state index contributed by atoms with van der Waals surface area (Å²) in [5, 5.41) is 11.2. The molecule has 1 aromatic heterocycles. The quantitative estimate of drug-likeness (QED) is 0.343. The van der Waals surface area contributed by atoms with Gasteiger partial charge in [0.05, 0.1) is 17.9 Å². The Hall–Kier alpha value is -4.14. The van der Waals surface area contributed by atoms with Gasteiger partial charge >= 0.3 is 0 Å². The average molecular weight is 463 g/mol. The molecule has 0 aliphatic carbocycles. The van der Waals surface area contributed by atoms with Crippen molar-refractivity contribution in [2.24, 2.45) is 0 Å². The van der Waals surface area contributed by atoms with Gasteiger partial charge in [-0.1, -0.05) is 12.1 Å². The molecule has 0 unspecified atom stereocenters. The fraction of sp³-hybridized carbons (Fsp3) is 0.240. The summed E-state index contributed by atoms with van der Waals surface area (Å²) in [5.41, 5.74) is 0.623. The van der Waals surface area contributed by atoms with E-state index in [-0.39, 0.29) is 17.9 Å². The zero-order chi connectivity index (χ0) is 23.7. The average Bonchev–Trinajstić information content (AvgIpc) is 3.45. The standard InChI is InChI=1S/C25H22FN3O5/c26-18-4-1-3-16(13-18)22-21(23(30)17-5-6-19-20(14-17)34-12-11-33-19)24(31)25(32)29(22)9-2-8-28-10-7-27-15-28/h1,3-7,10,13-15,22,30H,2,8-9,11-12H2/t22-/m1/s1. The molecular formula is C25H22FN3O5. The molecule has 0 spiro atoms. The largest absolute Gasteiger partial charge is 0.507 e. The lowest BCUT2D eigenvalue weighted by Gasteiger charge is -2.25. The summed E-state index contributed by atoms with van der Waals surface area (Å²) in [7, 11) is 0. The number of ketones is 1. The Morgan fingerprint density at radius 1 is 1.09 bits per heavy atom. The second-order valence-electron chi connectivity index (χ2n) is 8.06. The van der Waals surface area contributed by atoms with Crippen LogP contribution in [0.1, 0.15) is 23.6 Å². The number of fused-ring (bicyclic) bond motifs is 1. The van der Waals surface area contributed by atoms with Gasteiger partial charge in [-0.25, -0.2) is 9.37 Å². The first-order valence-corrected chi connectivity index (χ1v) is 10.9. The highest BCUT2D eigenvalue weighted by molar-refractivity contribution is 6.46. The number of hydrogen-bond acceptors (Lipinski definition) is 6. The van der Waals surface area contributed by atoms with Crippen molar-refractivity contribution in [1.29, 1.82) is 0 Å². The van der Waals surface area contributed by atoms with E-state index in [1.165, 1.54) is 23.1 Å². The van der Waals surface area contributed by atoms with E-state index in [0.29, 0.717) is 48.8 Å². The van der Waals surface area contributed by atoms with Crippen LogP contribution in [0, 0.1) is 5.82 Å². The molecule has 3 aromatic rings. The lowest BCUT2D eigenvalue weighted by atomic mass is 9.95. The summed E-state index contributed by atoms with van der Waals surface area (Å²) >= 11 is 0. The molecular weight excluding hydrogens is 441 g/mol. The SMILES string of the molecule is O=C1C(=O)N(CCCn2ccnc2)[C@H](c2cccc(F)c2)C1=C(O)c1ccc2c(c1)OCCO2. The predicted octanol–water partition coefficient (Wildman–Crippen LogP) is 3.31. The van der Waals surface area contributed by atoms with E-state index in [9.17, 15) is 19.1 Å². The third-order valence-electron chi connectivity index (χ3n) is 5.89. The number of aliphatic hydroxyl groups is 1. The van der Waals surface area contributed by atoms with Gasteiger partial charge in [0.2, 0.25) is 0 Å². The Morgan fingerprint density at radius 2 is 1.91 bits per heavy atom. The second kappa shape index (κ2) is 9.01. The molecule has 2 aliphatic heterocycles. The molecule has 1 fully saturated rings. The third-order valence-corrected chi connectivity index (χ3v) is 5.89. The number of hydrogen-bond donors (Lipinski definition) is 1. The maximum absolute atomic E-state index is 14.1. The van der Waals surface area contributed by atoms with Gasteiger partial charge in [-0.05, 0) is 42.3 Å². The number of ether oxygens (including phenoxy) is 2. The van der Waals surface area contributed by atoms with Gasteiger partial charge in [-0.2, -0.15) is 0 Å². The van der Waals surface area contributed by atoms with Crippen LogP contribution in [0.5, 0.6) is 11.5 Å². The summed E-state index contributed by atoms with van der Waals surface area (Å²) in [4.78, 5) is 31.5. The Labute approximate surface area is 194 Å². The zero-order valence-corrected chi connectivity index (χ0v) is 18.2. The lowest BCUT2D eigenvalue weighted by Crippen LogP contribution is -2.31. The molecule has 2 aliphatic rings. The number of aliphatic hydroxyl groups excluding tert-OH is 1. The first-order valence-electron chi connectivity index (χ1n) is 10.9. The van der Waals surface area contributed by atoms with Crippen LogP contribution in [0.25, 0.3) is 5.76 Å². The number of carbonyl (C=O) groups excluding carboxylic acids is 2. The second-order valence-corrected chi connectivity index (χ2v) is 8.06. The van der Waals surface area contributed by atoms with E-state index in [2.05, 4.69) is 4.98 Å². The van der Waals surface area contributed by atoms with Crippen molar-refractivity contribution in [1.82, 2.24) is 14.5 Å². The summed E-state index contributed by atoms with van der Waals surface area (Å²) in [5.74, 6) is -1.43. The number of carbonyl (C=O) groups is 2. The molecule has 2 aromatic carbocycles. The maximum atomic E-state index is 14.1. The highest BCUT2D eigenvalue weighted by atomic mass is 19.1. The van der Waals surface area contributed by atoms with E-state index in [4.69, 9.17) is 9.47 Å². The van der Waals surface area contributed by atoms with Crippen LogP contribution in [-0.4, -0.2) is 51.0 Å². The van der Waals surface area contributed by atoms with Crippen molar-refractivity contribution < 1.29 is 28.6 Å². The molecule has 0 radical (unpaired) electrons. The molecule has 1 amide bonds. The highest BCUT2D eigenvalue weighted by Crippen LogP contribution is 2.41. The monoisotopic (exact) mass is 463 g/mol. The van der Waals surface area contributed by atoms with Crippen LogP contribution in [0.2, 0.25) is 0 Å². The van der Waals surface area contributed by atoms with E-state index in [1.807, 2.05) is 4.57 Å². The number of aryl methyl sites for hydroxylation is 1. The predicted molar refractivity (Wildman–Crippen MR) is 120 cm³/mol. The minimum Gasteiger partial charge on any atom is -0.507 e. The van der Waals surface area contributed by atoms with Crippen LogP contribution in [-0.2, 0) is 16.1 Å². The Kier molecular flexibility index (Phi) is 5.75. The van der Waals surface area contributed by atoms with Gasteiger partial charge in [0.15, 0.2) is 11.5 Å². The van der Waals surface area contributed by atoms with Gasteiger partial charge in [0.1, 0.15) is 24.8 Å². The van der Waals surface area contributed by atoms with Gasteiger partial charge in [-0.15, -0.1) is 0 Å². The van der Waals surface area contributed by atoms with Crippen molar-refractivity contribution >= 4 is 17.4 Å². The number of rotatable bonds is 6. The molecule has 8 nitrogen and oxygen atoms in total. The van der Waals surface area contributed by atoms with E-state index in [1.54, 1.807) is 43.0 Å². The van der Waals surface area contributed by atoms with Crippen molar-refractivity contribution in [3.63, 3.8) is 0 Å². The summed E-state index contributed by atoms with van der Waals surface area (Å²) < 4.78 is 27.1. The molecule has 174 valence electrons. The zero-order valence-electron chi connectivity index (χ0n) is 18.2. The molecule has 1 atom stereocenters. The molecule has 34 heavy (non-hydrogen) atoms. The molecule has 3 heterocycles. The first kappa shape index (κ1) is 21.7. The number of nitrogens with zero attached hydrogens (tertiary/aromatic N) is 3. The summed E-state index contributed by atoms with van der Waals surface area (Å²) in [6, 6.07) is 9.59. The lowest BCUT2D eigenvalue weighted by molar-refractivity contribution is -0.139. The number of benzene rings is 2. The van der Waals surface area contributed by atoms with Crippen molar-refractivity contribution in [3.8, 4) is 11.5 Å². The minimum absolute atomic E-state index is 0.0880. The third kappa shape index (κ3) is 4.00. The van der Waals surface area contributed by atoms with Crippen LogP contribution in [0.3, 0.4) is 0 Å². The normalized spacial score (nSPS) is 19.0. The van der Waals surface area contributed by atoms with Gasteiger partial charge in [0, 0.05) is 31.0 Å². The highest BCUT2D eigenvalue weighted by Gasteiger charge is 2.46. The van der Waals surface area contributed by atoms with Crippen molar-refractivity contribution in [2.45, 2.75) is 19.0 Å². The molecule has 1 saturated heterocycles. The molecule has 5 rings (SSSR count). The number of amides is 1. The molecule has 0 saturated carbocycles. The fourth-order valence-electron chi connectivity index (χ4n) is 4.32. The van der Waals surface area contributed by atoms with Crippen LogP contribution in [0.15, 0.2) is 66.8 Å². The van der Waals surface area contributed by atoms with E-state index < -0.39 is 23.5 Å². The Morgan fingerprint density at radius 3 is 2.68 bits per heavy atom. The molecule has 0 bridgehead atoms. The summed E-state index contributed by atoms with van der Waals surface area (Å²) in [6.45, 7) is 1.60.